The van der Waals surface area contributed by atoms with Gasteiger partial charge in [-0.1, -0.05) is 18.2 Å². The van der Waals surface area contributed by atoms with Crippen LogP contribution in [0.3, 0.4) is 0 Å². The summed E-state index contributed by atoms with van der Waals surface area (Å²) in [4.78, 5) is 0.165. The summed E-state index contributed by atoms with van der Waals surface area (Å²) < 4.78 is 37.7. The Morgan fingerprint density at radius 2 is 1.95 bits per heavy atom. The van der Waals surface area contributed by atoms with Crippen molar-refractivity contribution < 1.29 is 17.6 Å². The lowest BCUT2D eigenvalue weighted by Gasteiger charge is -2.28. The molecular weight excluding hydrogens is 290 g/mol. The van der Waals surface area contributed by atoms with Gasteiger partial charge in [-0.25, -0.2) is 8.42 Å². The average molecular weight is 307 g/mol. The van der Waals surface area contributed by atoms with Crippen molar-refractivity contribution in [1.82, 2.24) is 4.31 Å². The van der Waals surface area contributed by atoms with Crippen LogP contribution in [-0.4, -0.2) is 24.9 Å². The van der Waals surface area contributed by atoms with E-state index in [1.807, 2.05) is 38.1 Å². The molecule has 0 bridgehead atoms. The van der Waals surface area contributed by atoms with Gasteiger partial charge in [-0.3, -0.25) is 0 Å². The fourth-order valence-electron chi connectivity index (χ4n) is 2.45. The molecule has 0 unspecified atom stereocenters. The highest BCUT2D eigenvalue weighted by atomic mass is 32.2. The molecule has 1 aromatic heterocycles. The number of hydrogen-bond acceptors (Lipinski definition) is 4. The number of furan rings is 1. The zero-order chi connectivity index (χ0) is 15.1. The van der Waals surface area contributed by atoms with E-state index in [1.165, 1.54) is 22.9 Å². The minimum atomic E-state index is -3.60. The normalized spacial score (nSPS) is 18.6. The minimum absolute atomic E-state index is 0.165. The highest BCUT2D eigenvalue weighted by molar-refractivity contribution is 7.89. The van der Waals surface area contributed by atoms with Gasteiger partial charge in [-0.15, -0.1) is 0 Å². The first kappa shape index (κ1) is 14.2. The van der Waals surface area contributed by atoms with E-state index in [2.05, 4.69) is 0 Å². The van der Waals surface area contributed by atoms with Crippen LogP contribution in [-0.2, 0) is 16.6 Å². The third kappa shape index (κ3) is 2.69. The predicted octanol–water partition coefficient (Wildman–Crippen LogP) is 2.64. The molecule has 0 atom stereocenters. The van der Waals surface area contributed by atoms with Gasteiger partial charge in [0.15, 0.2) is 0 Å². The van der Waals surface area contributed by atoms with E-state index in [4.69, 9.17) is 9.15 Å². The number of benzene rings is 1. The van der Waals surface area contributed by atoms with Gasteiger partial charge < -0.3 is 9.15 Å². The third-order valence-electron chi connectivity index (χ3n) is 3.40. The summed E-state index contributed by atoms with van der Waals surface area (Å²) in [5.74, 6) is 0.729. The first-order chi connectivity index (χ1) is 9.88. The average Bonchev–Trinajstić information content (AvgIpc) is 2.89. The highest BCUT2D eigenvalue weighted by Crippen LogP contribution is 2.32. The second-order valence-electron chi connectivity index (χ2n) is 5.70. The van der Waals surface area contributed by atoms with Crippen LogP contribution in [0.15, 0.2) is 52.2 Å². The number of rotatable bonds is 2. The maximum atomic E-state index is 12.7. The summed E-state index contributed by atoms with van der Waals surface area (Å²) in [6.45, 7) is 4.32. The van der Waals surface area contributed by atoms with Gasteiger partial charge in [0.05, 0.1) is 12.8 Å². The van der Waals surface area contributed by atoms with Crippen LogP contribution in [0.5, 0.6) is 5.75 Å². The molecule has 2 aromatic rings. The molecule has 0 spiro atoms. The van der Waals surface area contributed by atoms with Gasteiger partial charge in [0.1, 0.15) is 22.5 Å². The van der Waals surface area contributed by atoms with Crippen molar-refractivity contribution in [2.24, 2.45) is 0 Å². The Hall–Kier alpha value is -1.79. The Balaban J connectivity index is 2.04. The van der Waals surface area contributed by atoms with E-state index in [1.54, 1.807) is 0 Å². The summed E-state index contributed by atoms with van der Waals surface area (Å²) in [5.41, 5.74) is 0.249. The fourth-order valence-corrected chi connectivity index (χ4v) is 3.95. The molecule has 1 aliphatic heterocycles. The van der Waals surface area contributed by atoms with E-state index >= 15 is 0 Å². The van der Waals surface area contributed by atoms with Crippen molar-refractivity contribution in [3.05, 3.63) is 48.4 Å². The van der Waals surface area contributed by atoms with Crippen LogP contribution in [0.2, 0.25) is 0 Å². The molecule has 0 amide bonds. The van der Waals surface area contributed by atoms with E-state index < -0.39 is 15.6 Å². The van der Waals surface area contributed by atoms with Gasteiger partial charge in [-0.2, -0.15) is 4.31 Å². The van der Waals surface area contributed by atoms with Gasteiger partial charge in [-0.05, 0) is 26.0 Å². The molecule has 0 aliphatic carbocycles. The molecule has 21 heavy (non-hydrogen) atoms. The molecule has 3 rings (SSSR count). The molecule has 5 nitrogen and oxygen atoms in total. The minimum Gasteiger partial charge on any atom is -0.486 e. The van der Waals surface area contributed by atoms with Crippen LogP contribution in [0, 0.1) is 0 Å². The smallest absolute Gasteiger partial charge is 0.246 e. The Morgan fingerprint density at radius 1 is 1.19 bits per heavy atom. The monoisotopic (exact) mass is 307 g/mol. The lowest BCUT2D eigenvalue weighted by molar-refractivity contribution is 0.0955. The van der Waals surface area contributed by atoms with Crippen molar-refractivity contribution in [3.8, 4) is 5.75 Å². The first-order valence-corrected chi connectivity index (χ1v) is 8.12. The zero-order valence-electron chi connectivity index (χ0n) is 11.9. The maximum Gasteiger partial charge on any atom is 0.246 e. The van der Waals surface area contributed by atoms with Crippen LogP contribution in [0.1, 0.15) is 19.4 Å². The van der Waals surface area contributed by atoms with Crippen molar-refractivity contribution in [3.63, 3.8) is 0 Å². The number of sulfonamides is 1. The highest BCUT2D eigenvalue weighted by Gasteiger charge is 2.36. The van der Waals surface area contributed by atoms with E-state index in [9.17, 15) is 8.42 Å². The molecule has 2 heterocycles. The van der Waals surface area contributed by atoms with E-state index in [-0.39, 0.29) is 18.0 Å². The molecule has 1 aromatic carbocycles. The second kappa shape index (κ2) is 4.89. The van der Waals surface area contributed by atoms with Crippen molar-refractivity contribution >= 4 is 10.0 Å². The van der Waals surface area contributed by atoms with Gasteiger partial charge in [0, 0.05) is 12.1 Å². The summed E-state index contributed by atoms with van der Waals surface area (Å²) >= 11 is 0. The van der Waals surface area contributed by atoms with Crippen molar-refractivity contribution in [2.75, 3.05) is 6.54 Å². The molecule has 1 aliphatic rings. The van der Waals surface area contributed by atoms with Gasteiger partial charge in [0.2, 0.25) is 10.0 Å². The van der Waals surface area contributed by atoms with Crippen LogP contribution in [0.25, 0.3) is 0 Å². The second-order valence-corrected chi connectivity index (χ2v) is 7.64. The molecular formula is C15H17NO4S. The zero-order valence-corrected chi connectivity index (χ0v) is 12.8. The Kier molecular flexibility index (Phi) is 3.30. The SMILES string of the molecule is CC1(C)CN(S(=O)(=O)c2ccoc2)Cc2ccccc2O1. The quantitative estimate of drug-likeness (QED) is 0.856. The molecule has 0 fully saturated rings. The summed E-state index contributed by atoms with van der Waals surface area (Å²) in [7, 11) is -3.60. The summed E-state index contributed by atoms with van der Waals surface area (Å²) in [6.07, 6.45) is 2.61. The number of ether oxygens (including phenoxy) is 1. The first-order valence-electron chi connectivity index (χ1n) is 6.68. The molecule has 0 radical (unpaired) electrons. The van der Waals surface area contributed by atoms with E-state index in [0.29, 0.717) is 0 Å². The van der Waals surface area contributed by atoms with Gasteiger partial charge >= 0.3 is 0 Å². The molecule has 112 valence electrons. The number of fused-ring (bicyclic) bond motifs is 1. The van der Waals surface area contributed by atoms with Crippen molar-refractivity contribution in [1.29, 1.82) is 0 Å². The molecule has 0 saturated heterocycles. The molecule has 0 saturated carbocycles. The molecule has 0 N–H and O–H groups in total. The Labute approximate surface area is 124 Å². The fraction of sp³-hybridized carbons (Fsp3) is 0.333. The van der Waals surface area contributed by atoms with Crippen LogP contribution >= 0.6 is 0 Å². The Morgan fingerprint density at radius 3 is 2.67 bits per heavy atom. The van der Waals surface area contributed by atoms with Crippen molar-refractivity contribution in [2.45, 2.75) is 30.9 Å². The summed E-state index contributed by atoms with van der Waals surface area (Å²) in [6, 6.07) is 8.97. The lowest BCUT2D eigenvalue weighted by Crippen LogP contribution is -2.43. The maximum absolute atomic E-state index is 12.7. The topological polar surface area (TPSA) is 59.8 Å². The molecule has 6 heteroatoms. The predicted molar refractivity (Wildman–Crippen MR) is 77.5 cm³/mol. The van der Waals surface area contributed by atoms with E-state index in [0.717, 1.165) is 11.3 Å². The Bertz CT molecular complexity index is 735. The third-order valence-corrected chi connectivity index (χ3v) is 5.16. The van der Waals surface area contributed by atoms with Crippen LogP contribution < -0.4 is 4.74 Å². The van der Waals surface area contributed by atoms with Crippen LogP contribution in [0.4, 0.5) is 0 Å². The lowest BCUT2D eigenvalue weighted by atomic mass is 10.1. The number of hydrogen-bond donors (Lipinski definition) is 0. The largest absolute Gasteiger partial charge is 0.486 e. The standard InChI is InChI=1S/C15H17NO4S/c1-15(2)11-16(21(17,18)13-7-8-19-10-13)9-12-5-3-4-6-14(12)20-15/h3-8,10H,9,11H2,1-2H3. The number of para-hydroxylation sites is 1. The summed E-state index contributed by atoms with van der Waals surface area (Å²) in [5, 5.41) is 0. The van der Waals surface area contributed by atoms with Gasteiger partial charge in [0.25, 0.3) is 0 Å². The number of nitrogens with zero attached hydrogens (tertiary/aromatic N) is 1.